The zero-order valence-electron chi connectivity index (χ0n) is 13.1. The van der Waals surface area contributed by atoms with Gasteiger partial charge < -0.3 is 10.5 Å². The third-order valence-electron chi connectivity index (χ3n) is 3.89. The highest BCUT2D eigenvalue weighted by Crippen LogP contribution is 2.27. The van der Waals surface area contributed by atoms with Crippen molar-refractivity contribution in [1.82, 2.24) is 15.6 Å². The van der Waals surface area contributed by atoms with Crippen molar-refractivity contribution in [3.63, 3.8) is 0 Å². The van der Waals surface area contributed by atoms with Crippen LogP contribution in [0, 0.1) is 5.21 Å². The molecule has 1 atom stereocenters. The summed E-state index contributed by atoms with van der Waals surface area (Å²) in [6.07, 6.45) is 3.50. The number of rotatable bonds is 3. The van der Waals surface area contributed by atoms with E-state index in [0.29, 0.717) is 23.2 Å². The molecule has 3 aromatic rings. The highest BCUT2D eigenvalue weighted by Gasteiger charge is 2.20. The number of aromatic amines is 1. The first kappa shape index (κ1) is 15.6. The summed E-state index contributed by atoms with van der Waals surface area (Å²) in [5.41, 5.74) is 6.88. The predicted molar refractivity (Wildman–Crippen MR) is 97.4 cm³/mol. The van der Waals surface area contributed by atoms with E-state index in [1.807, 2.05) is 42.5 Å². The minimum absolute atomic E-state index is 0.191. The average molecular weight is 355 g/mol. The van der Waals surface area contributed by atoms with Gasteiger partial charge in [0.25, 0.3) is 0 Å². The molecular formula is C17H15ClN6O. The van der Waals surface area contributed by atoms with Gasteiger partial charge in [0, 0.05) is 22.8 Å². The minimum Gasteiger partial charge on any atom is -0.603 e. The second-order valence-electron chi connectivity index (χ2n) is 5.62. The molecule has 2 heterocycles. The minimum atomic E-state index is -0.191. The summed E-state index contributed by atoms with van der Waals surface area (Å²) < 4.78 is 0. The molecule has 1 aliphatic rings. The van der Waals surface area contributed by atoms with E-state index in [1.54, 1.807) is 12.4 Å². The Kier molecular flexibility index (Phi) is 4.10. The summed E-state index contributed by atoms with van der Waals surface area (Å²) in [6.45, 7) is 0.422. The number of hydrogen-bond donors (Lipinski definition) is 4. The molecule has 0 amide bonds. The lowest BCUT2D eigenvalue weighted by Gasteiger charge is -2.30. The number of guanidine groups is 1. The Morgan fingerprint density at radius 1 is 1.16 bits per heavy atom. The van der Waals surface area contributed by atoms with Gasteiger partial charge >= 0.3 is 0 Å². The van der Waals surface area contributed by atoms with E-state index in [2.05, 4.69) is 25.9 Å². The normalized spacial score (nSPS) is 17.7. The summed E-state index contributed by atoms with van der Waals surface area (Å²) in [6, 6.07) is 13.1. The van der Waals surface area contributed by atoms with Gasteiger partial charge in [0.05, 0.1) is 12.7 Å². The fraction of sp³-hybridized carbons (Fsp3) is 0.0588. The SMILES string of the molecule is [O-][NH+]1NC(=NCc2cccc(Cl)c2)Nc2ccc(-c3cn[nH]c3)cc21. The Bertz CT molecular complexity index is 925. The number of aliphatic imine (C=N–C) groups is 1. The van der Waals surface area contributed by atoms with Crippen LogP contribution >= 0.6 is 11.6 Å². The Balaban J connectivity index is 1.56. The van der Waals surface area contributed by atoms with Crippen LogP contribution < -0.4 is 15.9 Å². The average Bonchev–Trinajstić information content (AvgIpc) is 3.14. The highest BCUT2D eigenvalue weighted by molar-refractivity contribution is 6.30. The number of quaternary nitrogens is 1. The number of hydrogen-bond acceptors (Lipinski definition) is 3. The second-order valence-corrected chi connectivity index (χ2v) is 6.06. The van der Waals surface area contributed by atoms with Gasteiger partial charge in [-0.15, -0.1) is 0 Å². The van der Waals surface area contributed by atoms with Crippen LogP contribution in [0.1, 0.15) is 5.56 Å². The Labute approximate surface area is 148 Å². The molecule has 2 aromatic carbocycles. The van der Waals surface area contributed by atoms with E-state index in [0.717, 1.165) is 22.4 Å². The molecule has 1 unspecified atom stereocenters. The molecule has 0 spiro atoms. The zero-order chi connectivity index (χ0) is 17.2. The number of fused-ring (bicyclic) bond motifs is 1. The quantitative estimate of drug-likeness (QED) is 0.543. The third-order valence-corrected chi connectivity index (χ3v) is 4.12. The molecule has 25 heavy (non-hydrogen) atoms. The van der Waals surface area contributed by atoms with Crippen molar-refractivity contribution in [3.8, 4) is 11.1 Å². The van der Waals surface area contributed by atoms with Crippen molar-refractivity contribution >= 4 is 28.9 Å². The maximum absolute atomic E-state index is 12.4. The standard InChI is InChI=1S/C17H15ClN6O/c18-14-3-1-2-11(6-14)8-19-17-22-15-5-4-12(13-9-20-21-10-13)7-16(15)24(25)23-17/h1-7,9-10,24H,8H2,(H,20,21)(H2,19,22,23). The predicted octanol–water partition coefficient (Wildman–Crippen LogP) is 2.23. The van der Waals surface area contributed by atoms with Crippen LogP contribution in [0.5, 0.6) is 0 Å². The molecule has 0 bridgehead atoms. The van der Waals surface area contributed by atoms with E-state index >= 15 is 0 Å². The molecule has 0 radical (unpaired) electrons. The third kappa shape index (κ3) is 3.34. The molecule has 0 saturated heterocycles. The van der Waals surface area contributed by atoms with Gasteiger partial charge in [0.2, 0.25) is 5.96 Å². The lowest BCUT2D eigenvalue weighted by molar-refractivity contribution is -0.816. The van der Waals surface area contributed by atoms with Gasteiger partial charge in [0.1, 0.15) is 5.69 Å². The molecule has 4 N–H and O–H groups in total. The van der Waals surface area contributed by atoms with E-state index < -0.39 is 0 Å². The Morgan fingerprint density at radius 2 is 2.08 bits per heavy atom. The first-order valence-electron chi connectivity index (χ1n) is 7.69. The van der Waals surface area contributed by atoms with Crippen LogP contribution in [0.2, 0.25) is 5.02 Å². The van der Waals surface area contributed by atoms with Crippen molar-refractivity contribution in [2.24, 2.45) is 4.99 Å². The fourth-order valence-electron chi connectivity index (χ4n) is 2.65. The summed E-state index contributed by atoms with van der Waals surface area (Å²) in [7, 11) is 0. The van der Waals surface area contributed by atoms with Crippen molar-refractivity contribution in [2.45, 2.75) is 6.54 Å². The Morgan fingerprint density at radius 3 is 2.88 bits per heavy atom. The van der Waals surface area contributed by atoms with Crippen LogP contribution in [-0.4, -0.2) is 16.2 Å². The number of nitrogens with one attached hydrogen (secondary N) is 4. The van der Waals surface area contributed by atoms with Gasteiger partial charge in [-0.05, 0) is 29.3 Å². The van der Waals surface area contributed by atoms with Crippen molar-refractivity contribution in [2.75, 3.05) is 5.32 Å². The first-order chi connectivity index (χ1) is 12.2. The van der Waals surface area contributed by atoms with Crippen LogP contribution in [0.15, 0.2) is 59.9 Å². The van der Waals surface area contributed by atoms with Gasteiger partial charge in [-0.2, -0.15) is 10.5 Å². The van der Waals surface area contributed by atoms with E-state index in [1.165, 1.54) is 0 Å². The number of H-pyrrole nitrogens is 1. The maximum atomic E-state index is 12.4. The van der Waals surface area contributed by atoms with Gasteiger partial charge in [0.15, 0.2) is 5.69 Å². The molecule has 0 aliphatic carbocycles. The lowest BCUT2D eigenvalue weighted by atomic mass is 10.1. The topological polar surface area (TPSA) is 92.6 Å². The molecule has 0 saturated carbocycles. The van der Waals surface area contributed by atoms with Gasteiger partial charge in [-0.25, -0.2) is 10.2 Å². The molecule has 8 heteroatoms. The largest absolute Gasteiger partial charge is 0.603 e. The molecular weight excluding hydrogens is 340 g/mol. The zero-order valence-corrected chi connectivity index (χ0v) is 13.8. The van der Waals surface area contributed by atoms with Crippen LogP contribution in [0.25, 0.3) is 11.1 Å². The molecule has 4 rings (SSSR count). The lowest BCUT2D eigenvalue weighted by Crippen LogP contribution is -3.11. The molecule has 1 aliphatic heterocycles. The van der Waals surface area contributed by atoms with Crippen molar-refractivity contribution in [1.29, 1.82) is 0 Å². The monoisotopic (exact) mass is 354 g/mol. The van der Waals surface area contributed by atoms with Crippen LogP contribution in [0.4, 0.5) is 11.4 Å². The van der Waals surface area contributed by atoms with Gasteiger partial charge in [-0.3, -0.25) is 5.10 Å². The smallest absolute Gasteiger partial charge is 0.243 e. The summed E-state index contributed by atoms with van der Waals surface area (Å²) in [4.78, 5) is 4.42. The number of aromatic nitrogens is 2. The second kappa shape index (κ2) is 6.56. The summed E-state index contributed by atoms with van der Waals surface area (Å²) >= 11 is 5.97. The maximum Gasteiger partial charge on any atom is 0.243 e. The number of nitrogens with zero attached hydrogens (tertiary/aromatic N) is 2. The molecule has 7 nitrogen and oxygen atoms in total. The summed E-state index contributed by atoms with van der Waals surface area (Å²) in [5.74, 6) is 0.425. The molecule has 0 fully saturated rings. The van der Waals surface area contributed by atoms with Crippen molar-refractivity contribution in [3.05, 3.63) is 70.7 Å². The van der Waals surface area contributed by atoms with Gasteiger partial charge in [-0.1, -0.05) is 29.8 Å². The first-order valence-corrected chi connectivity index (χ1v) is 8.07. The van der Waals surface area contributed by atoms with Crippen LogP contribution in [-0.2, 0) is 6.54 Å². The highest BCUT2D eigenvalue weighted by atomic mass is 35.5. The molecule has 1 aromatic heterocycles. The summed E-state index contributed by atoms with van der Waals surface area (Å²) in [5, 5.41) is 22.7. The van der Waals surface area contributed by atoms with Crippen LogP contribution in [0.3, 0.4) is 0 Å². The van der Waals surface area contributed by atoms with E-state index in [-0.39, 0.29) is 5.17 Å². The van der Waals surface area contributed by atoms with E-state index in [9.17, 15) is 5.21 Å². The fourth-order valence-corrected chi connectivity index (χ4v) is 2.86. The van der Waals surface area contributed by atoms with E-state index in [4.69, 9.17) is 11.6 Å². The number of benzene rings is 2. The van der Waals surface area contributed by atoms with Crippen molar-refractivity contribution < 1.29 is 5.17 Å². The number of halogens is 1. The number of anilines is 1. The Hall–Kier alpha value is -2.87. The molecule has 126 valence electrons.